The van der Waals surface area contributed by atoms with Gasteiger partial charge >= 0.3 is 0 Å². The fourth-order valence-electron chi connectivity index (χ4n) is 1.71. The van der Waals surface area contributed by atoms with E-state index >= 15 is 0 Å². The lowest BCUT2D eigenvalue weighted by molar-refractivity contribution is -0.116. The summed E-state index contributed by atoms with van der Waals surface area (Å²) in [5.74, 6) is 0.785. The first kappa shape index (κ1) is 14.0. The van der Waals surface area contributed by atoms with Crippen molar-refractivity contribution < 1.29 is 4.79 Å². The Hall–Kier alpha value is -1.06. The van der Waals surface area contributed by atoms with Gasteiger partial charge in [-0.2, -0.15) is 0 Å². The molecule has 94 valence electrons. The number of benzene rings is 1. The van der Waals surface area contributed by atoms with Crippen LogP contribution in [0.5, 0.6) is 0 Å². The Morgan fingerprint density at radius 1 is 1.29 bits per heavy atom. The molecule has 0 heterocycles. The summed E-state index contributed by atoms with van der Waals surface area (Å²) in [4.78, 5) is 11.6. The van der Waals surface area contributed by atoms with Crippen LogP contribution in [0.2, 0.25) is 0 Å². The molecule has 1 aromatic carbocycles. The summed E-state index contributed by atoms with van der Waals surface area (Å²) in [7, 11) is 1.92. The Labute approximate surface area is 108 Å². The molecule has 1 amide bonds. The van der Waals surface area contributed by atoms with Crippen molar-refractivity contribution in [2.24, 2.45) is 5.92 Å². The zero-order valence-corrected chi connectivity index (χ0v) is 10.8. The van der Waals surface area contributed by atoms with Gasteiger partial charge < -0.3 is 10.6 Å². The summed E-state index contributed by atoms with van der Waals surface area (Å²) in [6.45, 7) is 0.857. The molecule has 0 atom stereocenters. The lowest BCUT2D eigenvalue weighted by Crippen LogP contribution is -2.12. The maximum absolute atomic E-state index is 11.6. The zero-order chi connectivity index (χ0) is 11.4. The molecule has 3 nitrogen and oxygen atoms in total. The number of nitrogens with one attached hydrogen (secondary N) is 2. The van der Waals surface area contributed by atoms with Gasteiger partial charge in [0.05, 0.1) is 0 Å². The third-order valence-electron chi connectivity index (χ3n) is 2.79. The van der Waals surface area contributed by atoms with Crippen molar-refractivity contribution in [3.05, 3.63) is 29.8 Å². The van der Waals surface area contributed by atoms with Crippen LogP contribution in [0.25, 0.3) is 0 Å². The molecule has 1 aliphatic rings. The fourth-order valence-corrected chi connectivity index (χ4v) is 1.71. The van der Waals surface area contributed by atoms with Crippen molar-refractivity contribution in [1.29, 1.82) is 0 Å². The van der Waals surface area contributed by atoms with E-state index in [1.165, 1.54) is 18.4 Å². The van der Waals surface area contributed by atoms with E-state index < -0.39 is 0 Å². The first-order chi connectivity index (χ1) is 7.78. The van der Waals surface area contributed by atoms with Gasteiger partial charge in [0.1, 0.15) is 0 Å². The molecule has 0 radical (unpaired) electrons. The Morgan fingerprint density at radius 3 is 2.47 bits per heavy atom. The molecular formula is C13H19ClN2O. The largest absolute Gasteiger partial charge is 0.326 e. The summed E-state index contributed by atoms with van der Waals surface area (Å²) in [6, 6.07) is 7.97. The minimum atomic E-state index is 0. The van der Waals surface area contributed by atoms with Crippen LogP contribution in [0.15, 0.2) is 24.3 Å². The predicted molar refractivity (Wildman–Crippen MR) is 72.4 cm³/mol. The molecule has 1 aromatic rings. The van der Waals surface area contributed by atoms with Gasteiger partial charge in [-0.1, -0.05) is 12.1 Å². The molecule has 2 rings (SSSR count). The average molecular weight is 255 g/mol. The highest BCUT2D eigenvalue weighted by atomic mass is 35.5. The maximum Gasteiger partial charge on any atom is 0.224 e. The summed E-state index contributed by atoms with van der Waals surface area (Å²) in [5, 5.41) is 6.01. The smallest absolute Gasteiger partial charge is 0.224 e. The number of carbonyl (C=O) groups is 1. The molecule has 0 bridgehead atoms. The quantitative estimate of drug-likeness (QED) is 0.848. The van der Waals surface area contributed by atoms with Gasteiger partial charge in [-0.3, -0.25) is 4.79 Å². The molecule has 0 unspecified atom stereocenters. The second-order valence-corrected chi connectivity index (χ2v) is 4.42. The van der Waals surface area contributed by atoms with Crippen LogP contribution >= 0.6 is 12.4 Å². The summed E-state index contributed by atoms with van der Waals surface area (Å²) < 4.78 is 0. The predicted octanol–water partition coefficient (Wildman–Crippen LogP) is 2.57. The summed E-state index contributed by atoms with van der Waals surface area (Å²) in [5.41, 5.74) is 2.12. The number of carbonyl (C=O) groups excluding carboxylic acids is 1. The molecule has 4 heteroatoms. The molecule has 0 spiro atoms. The van der Waals surface area contributed by atoms with Gasteiger partial charge in [-0.05, 0) is 43.5 Å². The van der Waals surface area contributed by atoms with E-state index in [2.05, 4.69) is 10.6 Å². The molecule has 1 saturated carbocycles. The first-order valence-electron chi connectivity index (χ1n) is 5.81. The van der Waals surface area contributed by atoms with E-state index in [4.69, 9.17) is 0 Å². The summed E-state index contributed by atoms with van der Waals surface area (Å²) in [6.07, 6.45) is 3.11. The standard InChI is InChI=1S/C13H18N2O.ClH/c1-14-9-11-4-6-12(7-5-11)15-13(16)8-10-2-3-10;/h4-7,10,14H,2-3,8-9H2,1H3,(H,15,16);1H. The van der Waals surface area contributed by atoms with E-state index in [1.54, 1.807) is 0 Å². The monoisotopic (exact) mass is 254 g/mol. The summed E-state index contributed by atoms with van der Waals surface area (Å²) >= 11 is 0. The SMILES string of the molecule is CNCc1ccc(NC(=O)CC2CC2)cc1.Cl. The fraction of sp³-hybridized carbons (Fsp3) is 0.462. The van der Waals surface area contributed by atoms with Crippen molar-refractivity contribution in [1.82, 2.24) is 5.32 Å². The molecule has 0 aromatic heterocycles. The van der Waals surface area contributed by atoms with Crippen LogP contribution in [0.4, 0.5) is 5.69 Å². The molecule has 1 fully saturated rings. The highest BCUT2D eigenvalue weighted by molar-refractivity contribution is 5.91. The third-order valence-corrected chi connectivity index (χ3v) is 2.79. The van der Waals surface area contributed by atoms with Gasteiger partial charge in [0.25, 0.3) is 0 Å². The maximum atomic E-state index is 11.6. The van der Waals surface area contributed by atoms with Crippen molar-refractivity contribution in [3.63, 3.8) is 0 Å². The lowest BCUT2D eigenvalue weighted by atomic mass is 10.2. The first-order valence-corrected chi connectivity index (χ1v) is 5.81. The second kappa shape index (κ2) is 6.62. The van der Waals surface area contributed by atoms with Crippen LogP contribution in [-0.2, 0) is 11.3 Å². The number of rotatable bonds is 5. The minimum Gasteiger partial charge on any atom is -0.326 e. The molecule has 2 N–H and O–H groups in total. The van der Waals surface area contributed by atoms with Crippen molar-refractivity contribution in [2.75, 3.05) is 12.4 Å². The molecular weight excluding hydrogens is 236 g/mol. The number of amides is 1. The van der Waals surface area contributed by atoms with E-state index in [1.807, 2.05) is 31.3 Å². The van der Waals surface area contributed by atoms with E-state index in [9.17, 15) is 4.79 Å². The van der Waals surface area contributed by atoms with Crippen molar-refractivity contribution in [3.8, 4) is 0 Å². The van der Waals surface area contributed by atoms with Gasteiger partial charge in [-0.25, -0.2) is 0 Å². The van der Waals surface area contributed by atoms with Crippen LogP contribution in [0.3, 0.4) is 0 Å². The Morgan fingerprint density at radius 2 is 1.94 bits per heavy atom. The zero-order valence-electron chi connectivity index (χ0n) is 10.0. The van der Waals surface area contributed by atoms with E-state index in [-0.39, 0.29) is 18.3 Å². The van der Waals surface area contributed by atoms with Crippen molar-refractivity contribution in [2.45, 2.75) is 25.8 Å². The molecule has 17 heavy (non-hydrogen) atoms. The van der Waals surface area contributed by atoms with Gasteiger partial charge in [-0.15, -0.1) is 12.4 Å². The lowest BCUT2D eigenvalue weighted by Gasteiger charge is -2.05. The average Bonchev–Trinajstić information content (AvgIpc) is 3.05. The Kier molecular flexibility index (Phi) is 5.45. The molecule has 0 saturated heterocycles. The van der Waals surface area contributed by atoms with Gasteiger partial charge in [0.2, 0.25) is 5.91 Å². The van der Waals surface area contributed by atoms with Crippen LogP contribution in [-0.4, -0.2) is 13.0 Å². The van der Waals surface area contributed by atoms with Gasteiger partial charge in [0, 0.05) is 18.7 Å². The number of halogens is 1. The second-order valence-electron chi connectivity index (χ2n) is 4.42. The van der Waals surface area contributed by atoms with Crippen LogP contribution < -0.4 is 10.6 Å². The number of hydrogen-bond acceptors (Lipinski definition) is 2. The highest BCUT2D eigenvalue weighted by Gasteiger charge is 2.24. The third kappa shape index (κ3) is 4.75. The Bertz CT molecular complexity index is 360. The minimum absolute atomic E-state index is 0. The topological polar surface area (TPSA) is 41.1 Å². The van der Waals surface area contributed by atoms with E-state index in [0.717, 1.165) is 12.2 Å². The Balaban J connectivity index is 0.00000144. The number of hydrogen-bond donors (Lipinski definition) is 2. The molecule has 1 aliphatic carbocycles. The molecule has 0 aliphatic heterocycles. The van der Waals surface area contributed by atoms with E-state index in [0.29, 0.717) is 12.3 Å². The highest BCUT2D eigenvalue weighted by Crippen LogP contribution is 2.32. The van der Waals surface area contributed by atoms with Crippen LogP contribution in [0, 0.1) is 5.92 Å². The van der Waals surface area contributed by atoms with Gasteiger partial charge in [0.15, 0.2) is 0 Å². The van der Waals surface area contributed by atoms with Crippen LogP contribution in [0.1, 0.15) is 24.8 Å². The number of anilines is 1. The normalized spacial score (nSPS) is 13.9. The van der Waals surface area contributed by atoms with Crippen molar-refractivity contribution >= 4 is 24.0 Å².